The van der Waals surface area contributed by atoms with Crippen LogP contribution in [0.25, 0.3) is 0 Å². The first-order chi connectivity index (χ1) is 7.29. The first-order valence-corrected chi connectivity index (χ1v) is 7.62. The van der Waals surface area contributed by atoms with Crippen LogP contribution in [0.2, 0.25) is 0 Å². The van der Waals surface area contributed by atoms with E-state index in [1.54, 1.807) is 10.9 Å². The van der Waals surface area contributed by atoms with E-state index in [0.717, 1.165) is 6.26 Å². The second-order valence-electron chi connectivity index (χ2n) is 3.67. The molecule has 1 heterocycles. The van der Waals surface area contributed by atoms with Crippen LogP contribution in [0.5, 0.6) is 0 Å². The summed E-state index contributed by atoms with van der Waals surface area (Å²) in [4.78, 5) is 0. The molecule has 16 heavy (non-hydrogen) atoms. The maximum Gasteiger partial charge on any atom is 0.152 e. The van der Waals surface area contributed by atoms with E-state index >= 15 is 0 Å². The minimum Gasteiger partial charge on any atom is -0.385 e. The summed E-state index contributed by atoms with van der Waals surface area (Å²) >= 11 is 3.26. The Morgan fingerprint density at radius 1 is 1.62 bits per heavy atom. The smallest absolute Gasteiger partial charge is 0.152 e. The van der Waals surface area contributed by atoms with Crippen LogP contribution in [-0.2, 0) is 16.4 Å². The monoisotopic (exact) mass is 310 g/mol. The maximum atomic E-state index is 11.4. The van der Waals surface area contributed by atoms with Gasteiger partial charge in [-0.1, -0.05) is 0 Å². The van der Waals surface area contributed by atoms with Crippen molar-refractivity contribution in [2.45, 2.75) is 31.7 Å². The van der Waals surface area contributed by atoms with Gasteiger partial charge in [0.25, 0.3) is 0 Å². The molecule has 1 N–H and O–H groups in total. The van der Waals surface area contributed by atoms with E-state index in [1.807, 2.05) is 6.92 Å². The Labute approximate surface area is 104 Å². The van der Waals surface area contributed by atoms with Gasteiger partial charge in [0.15, 0.2) is 9.84 Å². The van der Waals surface area contributed by atoms with E-state index in [4.69, 9.17) is 0 Å². The number of rotatable bonds is 4. The lowest BCUT2D eigenvalue weighted by atomic mass is 10.2. The molecule has 0 radical (unpaired) electrons. The van der Waals surface area contributed by atoms with E-state index in [9.17, 15) is 13.5 Å². The zero-order valence-corrected chi connectivity index (χ0v) is 11.8. The van der Waals surface area contributed by atoms with Crippen LogP contribution in [-0.4, -0.2) is 34.8 Å². The summed E-state index contributed by atoms with van der Waals surface area (Å²) in [6.07, 6.45) is 1.59. The molecule has 0 spiro atoms. The fourth-order valence-corrected chi connectivity index (χ4v) is 2.50. The predicted octanol–water partition coefficient (Wildman–Crippen LogP) is 1.13. The van der Waals surface area contributed by atoms with Gasteiger partial charge in [-0.05, 0) is 29.8 Å². The van der Waals surface area contributed by atoms with Gasteiger partial charge in [-0.2, -0.15) is 5.10 Å². The lowest BCUT2D eigenvalue weighted by Crippen LogP contribution is -2.26. The van der Waals surface area contributed by atoms with Gasteiger partial charge in [0.05, 0.1) is 21.6 Å². The Kier molecular flexibility index (Phi) is 4.14. The molecule has 0 amide bonds. The third kappa shape index (κ3) is 2.64. The van der Waals surface area contributed by atoms with Gasteiger partial charge in [-0.25, -0.2) is 8.42 Å². The van der Waals surface area contributed by atoms with E-state index < -0.39 is 21.2 Å². The molecule has 0 fully saturated rings. The molecule has 0 aromatic carbocycles. The zero-order valence-electron chi connectivity index (χ0n) is 9.38. The molecule has 1 aromatic heterocycles. The van der Waals surface area contributed by atoms with Crippen LogP contribution < -0.4 is 0 Å². The molecule has 0 aliphatic rings. The lowest BCUT2D eigenvalue weighted by molar-refractivity contribution is 0.164. The summed E-state index contributed by atoms with van der Waals surface area (Å²) in [7, 11) is -3.28. The molecule has 1 aromatic rings. The van der Waals surface area contributed by atoms with Crippen LogP contribution in [0.15, 0.2) is 10.7 Å². The number of hydrogen-bond acceptors (Lipinski definition) is 4. The van der Waals surface area contributed by atoms with Crippen molar-refractivity contribution in [1.29, 1.82) is 0 Å². The van der Waals surface area contributed by atoms with Gasteiger partial charge in [0.1, 0.15) is 6.10 Å². The van der Waals surface area contributed by atoms with Gasteiger partial charge >= 0.3 is 0 Å². The van der Waals surface area contributed by atoms with Crippen LogP contribution >= 0.6 is 15.9 Å². The van der Waals surface area contributed by atoms with Gasteiger partial charge in [-0.15, -0.1) is 0 Å². The maximum absolute atomic E-state index is 11.4. The highest BCUT2D eigenvalue weighted by Crippen LogP contribution is 2.28. The van der Waals surface area contributed by atoms with Crippen molar-refractivity contribution < 1.29 is 13.5 Å². The number of sulfone groups is 1. The molecule has 0 saturated heterocycles. The topological polar surface area (TPSA) is 72.2 Å². The summed E-state index contributed by atoms with van der Waals surface area (Å²) in [5, 5.41) is 13.2. The average molecular weight is 311 g/mol. The quantitative estimate of drug-likeness (QED) is 0.905. The Bertz CT molecular complexity index is 469. The second-order valence-corrected chi connectivity index (χ2v) is 6.93. The fourth-order valence-electron chi connectivity index (χ4n) is 1.37. The lowest BCUT2D eigenvalue weighted by Gasteiger charge is -2.18. The van der Waals surface area contributed by atoms with Gasteiger partial charge in [-0.3, -0.25) is 4.68 Å². The Hall–Kier alpha value is -0.400. The minimum atomic E-state index is -3.28. The Morgan fingerprint density at radius 2 is 2.19 bits per heavy atom. The summed E-state index contributed by atoms with van der Waals surface area (Å²) < 4.78 is 25.0. The average Bonchev–Trinajstić information content (AvgIpc) is 2.56. The van der Waals surface area contributed by atoms with Crippen molar-refractivity contribution in [3.8, 4) is 0 Å². The molecule has 2 unspecified atom stereocenters. The molecule has 1 rings (SSSR count). The first kappa shape index (κ1) is 13.7. The van der Waals surface area contributed by atoms with E-state index in [1.165, 1.54) is 6.92 Å². The summed E-state index contributed by atoms with van der Waals surface area (Å²) in [5.74, 6) is 0. The van der Waals surface area contributed by atoms with Crippen molar-refractivity contribution in [2.75, 3.05) is 6.26 Å². The standard InChI is InChI=1S/C9H15BrN2O3S/c1-4-12-8(7(10)5-11-12)9(13)6(2)16(3,14)15/h5-6,9,13H,4H2,1-3H3. The van der Waals surface area contributed by atoms with E-state index in [2.05, 4.69) is 21.0 Å². The third-order valence-corrected chi connectivity index (χ3v) is 4.75. The first-order valence-electron chi connectivity index (χ1n) is 4.87. The molecule has 0 aliphatic carbocycles. The molecule has 0 bridgehead atoms. The third-order valence-electron chi connectivity index (χ3n) is 2.53. The molecular formula is C9H15BrN2O3S. The van der Waals surface area contributed by atoms with Crippen molar-refractivity contribution in [2.24, 2.45) is 0 Å². The molecule has 7 heteroatoms. The van der Waals surface area contributed by atoms with Gasteiger partial charge in [0.2, 0.25) is 0 Å². The number of aromatic nitrogens is 2. The zero-order chi connectivity index (χ0) is 12.5. The summed E-state index contributed by atoms with van der Waals surface area (Å²) in [6, 6.07) is 0. The van der Waals surface area contributed by atoms with Crippen LogP contribution in [0.3, 0.4) is 0 Å². The number of halogens is 1. The van der Waals surface area contributed by atoms with Crippen molar-refractivity contribution in [1.82, 2.24) is 9.78 Å². The van der Waals surface area contributed by atoms with Crippen LogP contribution in [0.1, 0.15) is 25.6 Å². The predicted molar refractivity (Wildman–Crippen MR) is 64.9 cm³/mol. The normalized spacial score (nSPS) is 16.1. The SMILES string of the molecule is CCn1ncc(Br)c1C(O)C(C)S(C)(=O)=O. The summed E-state index contributed by atoms with van der Waals surface area (Å²) in [5.41, 5.74) is 0.500. The highest BCUT2D eigenvalue weighted by molar-refractivity contribution is 9.10. The number of hydrogen-bond donors (Lipinski definition) is 1. The number of aryl methyl sites for hydroxylation is 1. The summed E-state index contributed by atoms with van der Waals surface area (Å²) in [6.45, 7) is 3.94. The number of aliphatic hydroxyl groups excluding tert-OH is 1. The molecule has 0 saturated carbocycles. The Balaban J connectivity index is 3.14. The van der Waals surface area contributed by atoms with Gasteiger partial charge < -0.3 is 5.11 Å². The molecule has 92 valence electrons. The van der Waals surface area contributed by atoms with E-state index in [0.29, 0.717) is 16.7 Å². The van der Waals surface area contributed by atoms with Crippen LogP contribution in [0, 0.1) is 0 Å². The van der Waals surface area contributed by atoms with Crippen molar-refractivity contribution in [3.05, 3.63) is 16.4 Å². The highest BCUT2D eigenvalue weighted by Gasteiger charge is 2.29. The second kappa shape index (κ2) is 4.85. The fraction of sp³-hybridized carbons (Fsp3) is 0.667. The number of nitrogens with zero attached hydrogens (tertiary/aromatic N) is 2. The Morgan fingerprint density at radius 3 is 2.62 bits per heavy atom. The van der Waals surface area contributed by atoms with Gasteiger partial charge in [0, 0.05) is 12.8 Å². The highest BCUT2D eigenvalue weighted by atomic mass is 79.9. The van der Waals surface area contributed by atoms with E-state index in [-0.39, 0.29) is 0 Å². The van der Waals surface area contributed by atoms with Crippen molar-refractivity contribution in [3.63, 3.8) is 0 Å². The molecule has 2 atom stereocenters. The largest absolute Gasteiger partial charge is 0.385 e. The number of aliphatic hydroxyl groups is 1. The minimum absolute atomic E-state index is 0.500. The van der Waals surface area contributed by atoms with Crippen molar-refractivity contribution >= 4 is 25.8 Å². The molecular weight excluding hydrogens is 296 g/mol. The molecule has 0 aliphatic heterocycles. The van der Waals surface area contributed by atoms with Crippen LogP contribution in [0.4, 0.5) is 0 Å². The molecule has 5 nitrogen and oxygen atoms in total.